The van der Waals surface area contributed by atoms with Crippen LogP contribution in [0, 0.1) is 12.3 Å². The van der Waals surface area contributed by atoms with E-state index in [1.807, 2.05) is 50.4 Å². The van der Waals surface area contributed by atoms with Crippen molar-refractivity contribution < 1.29 is 0 Å². The van der Waals surface area contributed by atoms with Gasteiger partial charge in [-0.15, -0.1) is 0 Å². The van der Waals surface area contributed by atoms with Crippen molar-refractivity contribution in [2.75, 3.05) is 5.32 Å². The Morgan fingerprint density at radius 3 is 3.00 bits per heavy atom. The molecule has 4 heterocycles. The maximum absolute atomic E-state index is 4.67. The molecule has 0 unspecified atom stereocenters. The van der Waals surface area contributed by atoms with E-state index in [0.29, 0.717) is 5.95 Å². The molecule has 6 heteroatoms. The van der Waals surface area contributed by atoms with Crippen LogP contribution in [0.25, 0.3) is 17.0 Å². The molecule has 24 heavy (non-hydrogen) atoms. The molecule has 120 valence electrons. The van der Waals surface area contributed by atoms with Gasteiger partial charge in [0.15, 0.2) is 0 Å². The van der Waals surface area contributed by atoms with E-state index in [1.165, 1.54) is 4.91 Å². The lowest BCUT2D eigenvalue weighted by atomic mass is 10.2. The summed E-state index contributed by atoms with van der Waals surface area (Å²) in [5.41, 5.74) is 3.71. The number of aromatic nitrogens is 4. The summed E-state index contributed by atoms with van der Waals surface area (Å²) in [5.74, 6) is 0.585. The molecule has 0 spiro atoms. The summed E-state index contributed by atoms with van der Waals surface area (Å²) in [7, 11) is 0. The second kappa shape index (κ2) is 6.05. The third-order valence-electron chi connectivity index (χ3n) is 3.75. The van der Waals surface area contributed by atoms with Crippen LogP contribution in [0.5, 0.6) is 0 Å². The average molecular weight is 334 g/mol. The molecule has 1 aliphatic heterocycles. The molecule has 0 saturated carbocycles. The lowest BCUT2D eigenvalue weighted by Crippen LogP contribution is -2.06. The van der Waals surface area contributed by atoms with Gasteiger partial charge in [-0.05, 0) is 32.0 Å². The summed E-state index contributed by atoms with van der Waals surface area (Å²) in [6, 6.07) is 7.88. The average Bonchev–Trinajstić information content (AvgIpc) is 3.18. The summed E-state index contributed by atoms with van der Waals surface area (Å²) in [6.07, 6.45) is 9.96. The van der Waals surface area contributed by atoms with E-state index in [9.17, 15) is 0 Å². The third kappa shape index (κ3) is 2.65. The van der Waals surface area contributed by atoms with E-state index in [4.69, 9.17) is 0 Å². The fourth-order valence-electron chi connectivity index (χ4n) is 2.66. The lowest BCUT2D eigenvalue weighted by Gasteiger charge is -2.18. The molecule has 3 aromatic heterocycles. The van der Waals surface area contributed by atoms with Gasteiger partial charge in [0.05, 0.1) is 17.1 Å². The Bertz CT molecular complexity index is 957. The van der Waals surface area contributed by atoms with Crippen molar-refractivity contribution in [3.8, 4) is 11.4 Å². The molecule has 1 N–H and O–H groups in total. The largest absolute Gasteiger partial charge is 0.397 e. The van der Waals surface area contributed by atoms with E-state index in [1.54, 1.807) is 18.0 Å². The molecule has 0 radical (unpaired) electrons. The number of nitrogens with one attached hydrogen (secondary N) is 1. The van der Waals surface area contributed by atoms with E-state index in [0.717, 1.165) is 28.1 Å². The SMILES string of the molecule is CC=C1C=C[C-](Nc2nccc(-c3c(C)nc4ccccn34)n2)S1. The number of rotatable bonds is 3. The highest BCUT2D eigenvalue weighted by Crippen LogP contribution is 2.36. The smallest absolute Gasteiger partial charge is 0.211 e. The van der Waals surface area contributed by atoms with Crippen LogP contribution in [0.1, 0.15) is 12.6 Å². The van der Waals surface area contributed by atoms with Crippen LogP contribution in [0.2, 0.25) is 0 Å². The third-order valence-corrected chi connectivity index (χ3v) is 4.81. The number of imidazole rings is 1. The van der Waals surface area contributed by atoms with Crippen LogP contribution in [-0.4, -0.2) is 19.4 Å². The zero-order valence-electron chi connectivity index (χ0n) is 13.4. The predicted molar refractivity (Wildman–Crippen MR) is 98.3 cm³/mol. The highest BCUT2D eigenvalue weighted by Gasteiger charge is 2.13. The number of hydrogen-bond donors (Lipinski definition) is 1. The summed E-state index contributed by atoms with van der Waals surface area (Å²) in [4.78, 5) is 14.8. The number of hydrogen-bond acceptors (Lipinski definition) is 5. The number of thioether (sulfide) groups is 1. The molecule has 4 rings (SSSR count). The van der Waals surface area contributed by atoms with Crippen LogP contribution in [-0.2, 0) is 0 Å². The number of aryl methyl sites for hydroxylation is 1. The molecule has 0 fully saturated rings. The number of nitrogens with zero attached hydrogens (tertiary/aromatic N) is 4. The molecule has 1 aliphatic rings. The fraction of sp³-hybridized carbons (Fsp3) is 0.111. The van der Waals surface area contributed by atoms with Crippen molar-refractivity contribution in [2.45, 2.75) is 13.8 Å². The quantitative estimate of drug-likeness (QED) is 0.727. The maximum Gasteiger partial charge on any atom is 0.211 e. The summed E-state index contributed by atoms with van der Waals surface area (Å²) in [6.45, 7) is 4.03. The Balaban J connectivity index is 1.67. The maximum atomic E-state index is 4.67. The monoisotopic (exact) mass is 334 g/mol. The number of allylic oxidation sites excluding steroid dienone is 2. The minimum Gasteiger partial charge on any atom is -0.397 e. The predicted octanol–water partition coefficient (Wildman–Crippen LogP) is 4.21. The first-order valence-corrected chi connectivity index (χ1v) is 8.49. The second-order valence-corrected chi connectivity index (χ2v) is 6.47. The van der Waals surface area contributed by atoms with Crippen molar-refractivity contribution in [2.24, 2.45) is 0 Å². The summed E-state index contributed by atoms with van der Waals surface area (Å²) >= 11 is 1.67. The topological polar surface area (TPSA) is 55.1 Å². The molecule has 0 aliphatic carbocycles. The Hall–Kier alpha value is -2.73. The van der Waals surface area contributed by atoms with Gasteiger partial charge >= 0.3 is 0 Å². The highest BCUT2D eigenvalue weighted by atomic mass is 32.2. The van der Waals surface area contributed by atoms with Crippen molar-refractivity contribution in [1.29, 1.82) is 0 Å². The van der Waals surface area contributed by atoms with Gasteiger partial charge in [0.25, 0.3) is 0 Å². The van der Waals surface area contributed by atoms with Crippen LogP contribution in [0.15, 0.2) is 59.8 Å². The molecule has 5 nitrogen and oxygen atoms in total. The first-order valence-electron chi connectivity index (χ1n) is 7.68. The van der Waals surface area contributed by atoms with E-state index < -0.39 is 0 Å². The van der Waals surface area contributed by atoms with Gasteiger partial charge in [-0.25, -0.2) is 15.0 Å². The van der Waals surface area contributed by atoms with Crippen LogP contribution >= 0.6 is 11.8 Å². The van der Waals surface area contributed by atoms with Crippen LogP contribution < -0.4 is 5.32 Å². The van der Waals surface area contributed by atoms with E-state index in [-0.39, 0.29) is 0 Å². The molecule has 0 atom stereocenters. The second-order valence-electron chi connectivity index (χ2n) is 5.36. The number of anilines is 1. The number of fused-ring (bicyclic) bond motifs is 1. The van der Waals surface area contributed by atoms with E-state index in [2.05, 4.69) is 36.8 Å². The minimum absolute atomic E-state index is 0.585. The Morgan fingerprint density at radius 1 is 1.25 bits per heavy atom. The summed E-state index contributed by atoms with van der Waals surface area (Å²) < 4.78 is 2.05. The normalized spacial score (nSPS) is 15.6. The van der Waals surface area contributed by atoms with Gasteiger partial charge in [0.2, 0.25) is 5.95 Å². The zero-order valence-corrected chi connectivity index (χ0v) is 14.2. The summed E-state index contributed by atoms with van der Waals surface area (Å²) in [5, 5.41) is 4.30. The Labute approximate surface area is 144 Å². The number of pyridine rings is 1. The molecular formula is C18H16N5S-. The van der Waals surface area contributed by atoms with E-state index >= 15 is 0 Å². The standard InChI is InChI=1S/C18H16N5S/c1-3-13-7-8-16(24-13)22-18-19-10-9-14(21-18)17-12(2)20-15-6-4-5-11-23(15)17/h3-11H,1-2H3,(H,19,21,22)/q-1. The molecular weight excluding hydrogens is 318 g/mol. The molecule has 0 bridgehead atoms. The lowest BCUT2D eigenvalue weighted by molar-refractivity contribution is 1.11. The van der Waals surface area contributed by atoms with Crippen LogP contribution in [0.3, 0.4) is 0 Å². The zero-order chi connectivity index (χ0) is 16.5. The van der Waals surface area contributed by atoms with Gasteiger partial charge in [0.1, 0.15) is 5.65 Å². The van der Waals surface area contributed by atoms with Crippen LogP contribution in [0.4, 0.5) is 5.95 Å². The van der Waals surface area contributed by atoms with Crippen molar-refractivity contribution in [3.05, 3.63) is 70.9 Å². The first-order chi connectivity index (χ1) is 11.7. The van der Waals surface area contributed by atoms with Crippen molar-refractivity contribution in [3.63, 3.8) is 0 Å². The van der Waals surface area contributed by atoms with Gasteiger partial charge in [0, 0.05) is 12.4 Å². The van der Waals surface area contributed by atoms with Crippen molar-refractivity contribution >= 4 is 23.4 Å². The van der Waals surface area contributed by atoms with Gasteiger partial charge in [-0.1, -0.05) is 22.4 Å². The Morgan fingerprint density at radius 2 is 2.17 bits per heavy atom. The Kier molecular flexibility index (Phi) is 3.74. The first kappa shape index (κ1) is 14.8. The highest BCUT2D eigenvalue weighted by molar-refractivity contribution is 8.06. The fourth-order valence-corrected chi connectivity index (χ4v) is 3.44. The van der Waals surface area contributed by atoms with Gasteiger partial charge < -0.3 is 5.32 Å². The van der Waals surface area contributed by atoms with Crippen molar-refractivity contribution in [1.82, 2.24) is 19.4 Å². The van der Waals surface area contributed by atoms with Gasteiger partial charge in [-0.2, -0.15) is 23.9 Å². The molecule has 0 amide bonds. The molecule has 0 saturated heterocycles. The molecule has 3 aromatic rings. The minimum atomic E-state index is 0.585. The molecule has 0 aromatic carbocycles. The van der Waals surface area contributed by atoms with Gasteiger partial charge in [-0.3, -0.25) is 4.40 Å².